The minimum atomic E-state index is -0.668. The van der Waals surface area contributed by atoms with E-state index in [1.165, 1.54) is 37.1 Å². The number of benzene rings is 2. The summed E-state index contributed by atoms with van der Waals surface area (Å²) in [7, 11) is 1.37. The summed E-state index contributed by atoms with van der Waals surface area (Å²) < 4.78 is 10.9. The SMILES string of the molecule is CCOc1ccccc1N=C1S[C@@H](CC(=O)Nc2ccc([N+](=O)[O-])cc2OC)C(=O)N1[C@H](C)CCC(C)C. The lowest BCUT2D eigenvalue weighted by Gasteiger charge is -2.25. The van der Waals surface area contributed by atoms with E-state index in [0.717, 1.165) is 12.8 Å². The molecule has 0 unspecified atom stereocenters. The maximum atomic E-state index is 13.5. The first-order valence-corrected chi connectivity index (χ1v) is 13.4. The number of rotatable bonds is 12. The lowest BCUT2D eigenvalue weighted by molar-refractivity contribution is -0.384. The van der Waals surface area contributed by atoms with Gasteiger partial charge in [-0.25, -0.2) is 4.99 Å². The van der Waals surface area contributed by atoms with Gasteiger partial charge in [-0.3, -0.25) is 24.6 Å². The summed E-state index contributed by atoms with van der Waals surface area (Å²) in [5.41, 5.74) is 0.757. The van der Waals surface area contributed by atoms with Crippen molar-refractivity contribution in [2.24, 2.45) is 10.9 Å². The maximum absolute atomic E-state index is 13.5. The van der Waals surface area contributed by atoms with Crippen LogP contribution >= 0.6 is 11.8 Å². The lowest BCUT2D eigenvalue weighted by atomic mass is 10.0. The zero-order valence-corrected chi connectivity index (χ0v) is 23.1. The van der Waals surface area contributed by atoms with Gasteiger partial charge in [-0.1, -0.05) is 37.7 Å². The second-order valence-electron chi connectivity index (χ2n) is 9.32. The van der Waals surface area contributed by atoms with Crippen LogP contribution in [0.3, 0.4) is 0 Å². The second-order valence-corrected chi connectivity index (χ2v) is 10.5. The number of non-ortho nitro benzene ring substituents is 1. The average Bonchev–Trinajstić information content (AvgIpc) is 3.18. The van der Waals surface area contributed by atoms with Crippen molar-refractivity contribution in [2.75, 3.05) is 19.0 Å². The number of methoxy groups -OCH3 is 1. The highest BCUT2D eigenvalue weighted by Gasteiger charge is 2.41. The zero-order chi connectivity index (χ0) is 27.8. The van der Waals surface area contributed by atoms with E-state index in [1.807, 2.05) is 38.1 Å². The Hall–Kier alpha value is -3.60. The molecule has 0 aromatic heterocycles. The van der Waals surface area contributed by atoms with Gasteiger partial charge >= 0.3 is 0 Å². The molecular formula is C27H34N4O6S. The van der Waals surface area contributed by atoms with E-state index in [4.69, 9.17) is 14.5 Å². The van der Waals surface area contributed by atoms with Crippen molar-refractivity contribution in [1.29, 1.82) is 0 Å². The third-order valence-electron chi connectivity index (χ3n) is 5.99. The molecule has 2 aromatic carbocycles. The first kappa shape index (κ1) is 29.0. The molecule has 2 atom stereocenters. The molecule has 0 radical (unpaired) electrons. The third-order valence-corrected chi connectivity index (χ3v) is 7.14. The minimum absolute atomic E-state index is 0.0941. The number of amides is 2. The minimum Gasteiger partial charge on any atom is -0.494 e. The van der Waals surface area contributed by atoms with E-state index in [9.17, 15) is 19.7 Å². The molecule has 2 aromatic rings. The summed E-state index contributed by atoms with van der Waals surface area (Å²) in [5.74, 6) is 0.687. The number of amidine groups is 1. The summed E-state index contributed by atoms with van der Waals surface area (Å²) in [6, 6.07) is 11.2. The summed E-state index contributed by atoms with van der Waals surface area (Å²) in [6.07, 6.45) is 1.65. The van der Waals surface area contributed by atoms with Crippen LogP contribution in [-0.2, 0) is 9.59 Å². The number of nitrogens with zero attached hydrogens (tertiary/aromatic N) is 3. The molecule has 0 bridgehead atoms. The summed E-state index contributed by atoms with van der Waals surface area (Å²) in [6.45, 7) is 8.65. The number of aliphatic imine (C=N–C) groups is 1. The van der Waals surface area contributed by atoms with Crippen molar-refractivity contribution in [3.63, 3.8) is 0 Å². The molecule has 0 saturated carbocycles. The van der Waals surface area contributed by atoms with E-state index in [-0.39, 0.29) is 29.8 Å². The number of nitrogens with one attached hydrogen (secondary N) is 1. The number of nitro groups is 1. The Kier molecular flexibility index (Phi) is 10.1. The number of nitro benzene ring substituents is 1. The Morgan fingerprint density at radius 2 is 1.92 bits per heavy atom. The van der Waals surface area contributed by atoms with Crippen LogP contribution in [0.1, 0.15) is 47.0 Å². The predicted octanol–water partition coefficient (Wildman–Crippen LogP) is 5.79. The topological polar surface area (TPSA) is 123 Å². The van der Waals surface area contributed by atoms with Crippen LogP contribution in [0.5, 0.6) is 11.5 Å². The van der Waals surface area contributed by atoms with Crippen LogP contribution in [0.2, 0.25) is 0 Å². The Bertz CT molecular complexity index is 1200. The van der Waals surface area contributed by atoms with Gasteiger partial charge in [-0.15, -0.1) is 0 Å². The van der Waals surface area contributed by atoms with Crippen molar-refractivity contribution in [1.82, 2.24) is 4.90 Å². The number of hydrogen-bond acceptors (Lipinski definition) is 8. The van der Waals surface area contributed by atoms with Crippen molar-refractivity contribution < 1.29 is 24.0 Å². The van der Waals surface area contributed by atoms with Crippen molar-refractivity contribution in [3.8, 4) is 11.5 Å². The number of anilines is 1. The molecule has 0 aliphatic carbocycles. The summed E-state index contributed by atoms with van der Waals surface area (Å²) >= 11 is 1.26. The standard InChI is InChI=1S/C27H34N4O6S/c1-6-37-22-10-8-7-9-20(22)29-27-30(18(4)12-11-17(2)3)26(33)24(38-27)16-25(32)28-21-14-13-19(31(34)35)15-23(21)36-5/h7-10,13-15,17-18,24H,6,11-12,16H2,1-5H3,(H,28,32)/t18-,24+/m1/s1. The van der Waals surface area contributed by atoms with Gasteiger partial charge in [0.2, 0.25) is 11.8 Å². The molecule has 1 fully saturated rings. The number of para-hydroxylation sites is 2. The van der Waals surface area contributed by atoms with Crippen LogP contribution in [0, 0.1) is 16.0 Å². The highest BCUT2D eigenvalue weighted by atomic mass is 32.2. The van der Waals surface area contributed by atoms with Crippen LogP contribution in [0.15, 0.2) is 47.5 Å². The van der Waals surface area contributed by atoms with Crippen LogP contribution in [0.25, 0.3) is 0 Å². The molecular weight excluding hydrogens is 508 g/mol. The van der Waals surface area contributed by atoms with Crippen LogP contribution in [0.4, 0.5) is 17.1 Å². The molecule has 1 aliphatic heterocycles. The number of ether oxygens (including phenoxy) is 2. The van der Waals surface area contributed by atoms with Gasteiger partial charge < -0.3 is 14.8 Å². The molecule has 11 heteroatoms. The van der Waals surface area contributed by atoms with E-state index < -0.39 is 16.1 Å². The molecule has 2 amide bonds. The van der Waals surface area contributed by atoms with E-state index in [2.05, 4.69) is 19.2 Å². The first-order chi connectivity index (χ1) is 18.1. The van der Waals surface area contributed by atoms with Crippen molar-refractivity contribution in [3.05, 3.63) is 52.6 Å². The molecule has 1 saturated heterocycles. The lowest BCUT2D eigenvalue weighted by Crippen LogP contribution is -2.40. The fourth-order valence-corrected chi connectivity index (χ4v) is 5.24. The number of thioether (sulfide) groups is 1. The van der Waals surface area contributed by atoms with Crippen LogP contribution < -0.4 is 14.8 Å². The number of carbonyl (C=O) groups is 2. The van der Waals surface area contributed by atoms with Gasteiger partial charge in [-0.05, 0) is 50.8 Å². The van der Waals surface area contributed by atoms with Gasteiger partial charge in [-0.2, -0.15) is 0 Å². The Balaban J connectivity index is 1.84. The molecule has 204 valence electrons. The molecule has 10 nitrogen and oxygen atoms in total. The molecule has 0 spiro atoms. The zero-order valence-electron chi connectivity index (χ0n) is 22.3. The normalized spacial score (nSPS) is 17.1. The number of carbonyl (C=O) groups excluding carboxylic acids is 2. The Morgan fingerprint density at radius 3 is 2.58 bits per heavy atom. The molecule has 38 heavy (non-hydrogen) atoms. The van der Waals surface area contributed by atoms with Gasteiger partial charge in [0.1, 0.15) is 22.4 Å². The maximum Gasteiger partial charge on any atom is 0.273 e. The summed E-state index contributed by atoms with van der Waals surface area (Å²) in [5, 5.41) is 13.6. The largest absolute Gasteiger partial charge is 0.494 e. The Morgan fingerprint density at radius 1 is 1.18 bits per heavy atom. The summed E-state index contributed by atoms with van der Waals surface area (Å²) in [4.78, 5) is 43.5. The van der Waals surface area contributed by atoms with Gasteiger partial charge in [0, 0.05) is 18.5 Å². The fraction of sp³-hybridized carbons (Fsp3) is 0.444. The van der Waals surface area contributed by atoms with Gasteiger partial charge in [0.25, 0.3) is 5.69 Å². The van der Waals surface area contributed by atoms with Gasteiger partial charge in [0.05, 0.1) is 30.4 Å². The van der Waals surface area contributed by atoms with E-state index >= 15 is 0 Å². The second kappa shape index (κ2) is 13.3. The molecule has 3 rings (SSSR count). The van der Waals surface area contributed by atoms with E-state index in [0.29, 0.717) is 34.8 Å². The predicted molar refractivity (Wildman–Crippen MR) is 149 cm³/mol. The molecule has 1 N–H and O–H groups in total. The van der Waals surface area contributed by atoms with Crippen LogP contribution in [-0.4, -0.2) is 51.8 Å². The molecule has 1 heterocycles. The Labute approximate surface area is 226 Å². The van der Waals surface area contributed by atoms with E-state index in [1.54, 1.807) is 4.90 Å². The van der Waals surface area contributed by atoms with Gasteiger partial charge in [0.15, 0.2) is 5.17 Å². The average molecular weight is 543 g/mol. The monoisotopic (exact) mass is 542 g/mol. The highest BCUT2D eigenvalue weighted by Crippen LogP contribution is 2.37. The smallest absolute Gasteiger partial charge is 0.273 e. The fourth-order valence-electron chi connectivity index (χ4n) is 4.00. The van der Waals surface area contributed by atoms with Crippen molar-refractivity contribution >= 4 is 45.8 Å². The first-order valence-electron chi connectivity index (χ1n) is 12.6. The molecule has 1 aliphatic rings. The number of hydrogen-bond donors (Lipinski definition) is 1. The van der Waals surface area contributed by atoms with Crippen molar-refractivity contribution in [2.45, 2.75) is 58.2 Å². The highest BCUT2D eigenvalue weighted by molar-refractivity contribution is 8.15. The third kappa shape index (κ3) is 7.25. The quantitative estimate of drug-likeness (QED) is 0.266.